The van der Waals surface area contributed by atoms with Gasteiger partial charge in [0.2, 0.25) is 5.91 Å². The second-order valence-electron chi connectivity index (χ2n) is 8.37. The van der Waals surface area contributed by atoms with E-state index in [-0.39, 0.29) is 18.4 Å². The number of urea groups is 1. The smallest absolute Gasteiger partial charge is 0.319 e. The molecule has 0 unspecified atom stereocenters. The van der Waals surface area contributed by atoms with Gasteiger partial charge in [0.05, 0.1) is 0 Å². The summed E-state index contributed by atoms with van der Waals surface area (Å²) in [6, 6.07) is 15.0. The highest BCUT2D eigenvalue weighted by Gasteiger charge is 2.22. The van der Waals surface area contributed by atoms with Crippen LogP contribution in [-0.2, 0) is 11.2 Å². The lowest BCUT2D eigenvalue weighted by molar-refractivity contribution is -0.122. The van der Waals surface area contributed by atoms with Gasteiger partial charge in [0, 0.05) is 24.3 Å². The number of rotatable bonds is 12. The van der Waals surface area contributed by atoms with Crippen LogP contribution in [-0.4, -0.2) is 30.4 Å². The Morgan fingerprint density at radius 2 is 1.67 bits per heavy atom. The third-order valence-electron chi connectivity index (χ3n) is 4.99. The Morgan fingerprint density at radius 3 is 2.30 bits per heavy atom. The maximum Gasteiger partial charge on any atom is 0.319 e. The molecule has 7 heteroatoms. The van der Waals surface area contributed by atoms with Gasteiger partial charge in [-0.3, -0.25) is 9.59 Å². The van der Waals surface area contributed by atoms with Gasteiger partial charge >= 0.3 is 6.03 Å². The number of carbonyl (C=O) groups excluding carboxylic acids is 3. The Balaban J connectivity index is 1.99. The molecule has 0 bridgehead atoms. The molecular weight excluding hydrogens is 416 g/mol. The summed E-state index contributed by atoms with van der Waals surface area (Å²) >= 11 is 0. The van der Waals surface area contributed by atoms with E-state index in [9.17, 15) is 14.4 Å². The van der Waals surface area contributed by atoms with E-state index < -0.39 is 12.1 Å². The zero-order valence-corrected chi connectivity index (χ0v) is 19.7. The van der Waals surface area contributed by atoms with Gasteiger partial charge in [-0.2, -0.15) is 0 Å². The number of amides is 4. The fraction of sp³-hybridized carbons (Fsp3) is 0.385. The molecule has 177 valence electrons. The van der Waals surface area contributed by atoms with Crippen molar-refractivity contribution in [3.8, 4) is 0 Å². The fourth-order valence-corrected chi connectivity index (χ4v) is 3.04. The van der Waals surface area contributed by atoms with Crippen LogP contribution in [0.15, 0.2) is 54.6 Å². The number of aryl methyl sites for hydroxylation is 1. The number of benzene rings is 2. The van der Waals surface area contributed by atoms with E-state index >= 15 is 0 Å². The molecule has 0 heterocycles. The Hall–Kier alpha value is -3.35. The maximum absolute atomic E-state index is 12.8. The third-order valence-corrected chi connectivity index (χ3v) is 4.99. The monoisotopic (exact) mass is 451 g/mol. The molecule has 2 rings (SSSR count). The molecule has 2 aromatic carbocycles. The van der Waals surface area contributed by atoms with Crippen molar-refractivity contribution in [2.24, 2.45) is 5.92 Å². The second-order valence-corrected chi connectivity index (χ2v) is 8.37. The summed E-state index contributed by atoms with van der Waals surface area (Å²) in [5, 5.41) is 10.8. The van der Waals surface area contributed by atoms with Crippen LogP contribution in [0.25, 0.3) is 0 Å². The highest BCUT2D eigenvalue weighted by atomic mass is 16.2. The molecule has 7 nitrogen and oxygen atoms in total. The van der Waals surface area contributed by atoms with Gasteiger partial charge < -0.3 is 21.3 Å². The zero-order chi connectivity index (χ0) is 24.1. The summed E-state index contributed by atoms with van der Waals surface area (Å²) < 4.78 is 0. The standard InChI is InChI=1S/C26H35N4O3/c1-4-5-9-20-12-14-21(15-13-20)24(31)30-23(25(32)27-17-16-19(2)3)18-28-26(33)29-22-10-7-6-8-11-22/h6-8,10-15,17,19,23H,4-5,9,16,18H2,1-3H3,(H,27,32)(H,30,31)(H2,28,29,33)/t23-/m0/s1. The minimum atomic E-state index is -0.929. The van der Waals surface area contributed by atoms with Gasteiger partial charge in [-0.05, 0) is 55.0 Å². The van der Waals surface area contributed by atoms with Crippen LogP contribution < -0.4 is 21.3 Å². The van der Waals surface area contributed by atoms with Crippen molar-refractivity contribution >= 4 is 23.5 Å². The van der Waals surface area contributed by atoms with Gasteiger partial charge in [0.25, 0.3) is 5.91 Å². The van der Waals surface area contributed by atoms with E-state index in [0.29, 0.717) is 23.6 Å². The van der Waals surface area contributed by atoms with E-state index in [4.69, 9.17) is 0 Å². The number of hydrogen-bond acceptors (Lipinski definition) is 3. The Bertz CT molecular complexity index is 882. The van der Waals surface area contributed by atoms with Gasteiger partial charge in [0.15, 0.2) is 0 Å². The van der Waals surface area contributed by atoms with Crippen molar-refractivity contribution in [2.75, 3.05) is 11.9 Å². The number of para-hydroxylation sites is 1. The van der Waals surface area contributed by atoms with Crippen LogP contribution in [0.4, 0.5) is 10.5 Å². The summed E-state index contributed by atoms with van der Waals surface area (Å²) in [7, 11) is 0. The van der Waals surface area contributed by atoms with Crippen LogP contribution in [0.2, 0.25) is 0 Å². The minimum Gasteiger partial charge on any atom is -0.349 e. The fourth-order valence-electron chi connectivity index (χ4n) is 3.04. The van der Waals surface area contributed by atoms with Gasteiger partial charge in [-0.25, -0.2) is 4.79 Å². The van der Waals surface area contributed by atoms with Gasteiger partial charge in [-0.1, -0.05) is 57.5 Å². The van der Waals surface area contributed by atoms with E-state index in [2.05, 4.69) is 28.2 Å². The summed E-state index contributed by atoms with van der Waals surface area (Å²) in [5.74, 6) is -0.366. The van der Waals surface area contributed by atoms with Crippen molar-refractivity contribution in [2.45, 2.75) is 52.5 Å². The topological polar surface area (TPSA) is 99.3 Å². The predicted octanol–water partition coefficient (Wildman–Crippen LogP) is 4.27. The Morgan fingerprint density at radius 1 is 0.970 bits per heavy atom. The summed E-state index contributed by atoms with van der Waals surface area (Å²) in [4.78, 5) is 37.7. The molecule has 0 fully saturated rings. The predicted molar refractivity (Wildman–Crippen MR) is 132 cm³/mol. The number of carbonyl (C=O) groups is 3. The molecule has 0 spiro atoms. The molecule has 4 amide bonds. The first-order chi connectivity index (χ1) is 15.9. The third kappa shape index (κ3) is 9.76. The van der Waals surface area contributed by atoms with Crippen molar-refractivity contribution < 1.29 is 14.4 Å². The SMILES string of the molecule is CCCCc1ccc(C(=O)N[C@@H](CNC(=O)Nc2ccccc2)C(=O)N[CH]CC(C)C)cc1. The second kappa shape index (κ2) is 13.9. The van der Waals surface area contributed by atoms with Gasteiger partial charge in [0.1, 0.15) is 6.04 Å². The number of nitrogens with one attached hydrogen (secondary N) is 4. The average molecular weight is 452 g/mol. The molecule has 0 aliphatic carbocycles. The summed E-state index contributed by atoms with van der Waals surface area (Å²) in [6.07, 6.45) is 3.87. The van der Waals surface area contributed by atoms with E-state index in [1.165, 1.54) is 5.56 Å². The lowest BCUT2D eigenvalue weighted by atomic mass is 10.1. The van der Waals surface area contributed by atoms with Crippen LogP contribution in [0.5, 0.6) is 0 Å². The largest absolute Gasteiger partial charge is 0.349 e. The molecule has 0 aliphatic rings. The molecule has 1 radical (unpaired) electrons. The van der Waals surface area contributed by atoms with Crippen LogP contribution in [0.1, 0.15) is 56.0 Å². The van der Waals surface area contributed by atoms with Crippen LogP contribution >= 0.6 is 0 Å². The minimum absolute atomic E-state index is 0.0552. The summed E-state index contributed by atoms with van der Waals surface area (Å²) in [6.45, 7) is 7.85. The van der Waals surface area contributed by atoms with E-state index in [0.717, 1.165) is 19.3 Å². The molecule has 0 saturated heterocycles. The highest BCUT2D eigenvalue weighted by molar-refractivity contribution is 5.98. The first-order valence-electron chi connectivity index (χ1n) is 11.5. The molecule has 0 aliphatic heterocycles. The van der Waals surface area contributed by atoms with Crippen molar-refractivity contribution in [3.63, 3.8) is 0 Å². The normalized spacial score (nSPS) is 11.5. The quantitative estimate of drug-likeness (QED) is 0.388. The number of anilines is 1. The molecule has 33 heavy (non-hydrogen) atoms. The molecule has 4 N–H and O–H groups in total. The van der Waals surface area contributed by atoms with Gasteiger partial charge in [-0.15, -0.1) is 0 Å². The Kier molecular flexibility index (Phi) is 10.9. The average Bonchev–Trinajstić information content (AvgIpc) is 2.80. The zero-order valence-electron chi connectivity index (χ0n) is 19.7. The van der Waals surface area contributed by atoms with Crippen LogP contribution in [0.3, 0.4) is 0 Å². The molecule has 0 saturated carbocycles. The highest BCUT2D eigenvalue weighted by Crippen LogP contribution is 2.09. The first-order valence-corrected chi connectivity index (χ1v) is 11.5. The maximum atomic E-state index is 12.8. The Labute approximate surface area is 196 Å². The van der Waals surface area contributed by atoms with E-state index in [1.807, 2.05) is 44.2 Å². The first kappa shape index (κ1) is 25.9. The lowest BCUT2D eigenvalue weighted by Gasteiger charge is -2.19. The molecule has 0 aromatic heterocycles. The van der Waals surface area contributed by atoms with Crippen molar-refractivity contribution in [1.82, 2.24) is 16.0 Å². The summed E-state index contributed by atoms with van der Waals surface area (Å²) in [5.41, 5.74) is 2.27. The number of hydrogen-bond donors (Lipinski definition) is 4. The molecular formula is C26H35N4O3. The molecule has 1 atom stereocenters. The number of unbranched alkanes of at least 4 members (excludes halogenated alkanes) is 1. The molecule has 2 aromatic rings. The van der Waals surface area contributed by atoms with Crippen molar-refractivity contribution in [3.05, 3.63) is 72.3 Å². The van der Waals surface area contributed by atoms with Crippen molar-refractivity contribution in [1.29, 1.82) is 0 Å². The lowest BCUT2D eigenvalue weighted by Crippen LogP contribution is -2.52. The van der Waals surface area contributed by atoms with E-state index in [1.54, 1.807) is 30.8 Å². The van der Waals surface area contributed by atoms with Crippen LogP contribution in [0, 0.1) is 12.5 Å².